The summed E-state index contributed by atoms with van der Waals surface area (Å²) in [6, 6.07) is 14.0. The van der Waals surface area contributed by atoms with Crippen LogP contribution in [0.1, 0.15) is 23.6 Å². The zero-order valence-corrected chi connectivity index (χ0v) is 12.4. The first kappa shape index (κ1) is 15.5. The maximum absolute atomic E-state index is 11.5. The van der Waals surface area contributed by atoms with Crippen molar-refractivity contribution in [3.63, 3.8) is 0 Å². The number of benzene rings is 2. The average Bonchev–Trinajstić information content (AvgIpc) is 2.47. The van der Waals surface area contributed by atoms with Crippen molar-refractivity contribution in [3.8, 4) is 5.75 Å². The maximum atomic E-state index is 11.5. The van der Waals surface area contributed by atoms with Gasteiger partial charge in [-0.1, -0.05) is 42.0 Å². The van der Waals surface area contributed by atoms with Crippen LogP contribution in [0.4, 0.5) is 0 Å². The number of carbonyl (C=O) groups is 2. The smallest absolute Gasteiger partial charge is 0.336 e. The number of aryl methyl sites for hydroxylation is 1. The molecule has 0 aliphatic heterocycles. The van der Waals surface area contributed by atoms with Gasteiger partial charge in [-0.25, -0.2) is 4.79 Å². The van der Waals surface area contributed by atoms with E-state index in [4.69, 9.17) is 4.74 Å². The molecular formula is C18H16O4. The number of esters is 1. The van der Waals surface area contributed by atoms with Crippen LogP contribution in [0, 0.1) is 6.92 Å². The Balaban J connectivity index is 2.33. The first-order chi connectivity index (χ1) is 10.5. The Morgan fingerprint density at radius 3 is 2.09 bits per heavy atom. The van der Waals surface area contributed by atoms with Crippen molar-refractivity contribution in [3.05, 3.63) is 65.2 Å². The highest BCUT2D eigenvalue weighted by Gasteiger charge is 2.11. The van der Waals surface area contributed by atoms with Crippen LogP contribution in [0.25, 0.3) is 11.6 Å². The van der Waals surface area contributed by atoms with E-state index in [9.17, 15) is 14.7 Å². The van der Waals surface area contributed by atoms with Crippen molar-refractivity contribution < 1.29 is 19.4 Å². The molecule has 0 bridgehead atoms. The van der Waals surface area contributed by atoms with Gasteiger partial charge in [0.1, 0.15) is 5.75 Å². The van der Waals surface area contributed by atoms with Crippen LogP contribution < -0.4 is 4.74 Å². The fourth-order valence-electron chi connectivity index (χ4n) is 1.97. The molecule has 0 atom stereocenters. The van der Waals surface area contributed by atoms with Gasteiger partial charge in [-0.05, 0) is 36.3 Å². The molecule has 2 aromatic rings. The molecule has 4 heteroatoms. The van der Waals surface area contributed by atoms with Gasteiger partial charge in [-0.2, -0.15) is 0 Å². The van der Waals surface area contributed by atoms with Crippen LogP contribution in [0.2, 0.25) is 0 Å². The van der Waals surface area contributed by atoms with E-state index >= 15 is 0 Å². The fraction of sp³-hybridized carbons (Fsp3) is 0.111. The Hall–Kier alpha value is -2.88. The number of aliphatic carboxylic acids is 1. The van der Waals surface area contributed by atoms with Gasteiger partial charge in [0.25, 0.3) is 0 Å². The Morgan fingerprint density at radius 1 is 1.00 bits per heavy atom. The van der Waals surface area contributed by atoms with E-state index in [1.54, 1.807) is 30.3 Å². The second-order valence-corrected chi connectivity index (χ2v) is 4.89. The average molecular weight is 296 g/mol. The lowest BCUT2D eigenvalue weighted by Gasteiger charge is -2.06. The van der Waals surface area contributed by atoms with Gasteiger partial charge in [0, 0.05) is 6.92 Å². The summed E-state index contributed by atoms with van der Waals surface area (Å²) in [4.78, 5) is 22.4. The van der Waals surface area contributed by atoms with E-state index in [0.717, 1.165) is 11.1 Å². The van der Waals surface area contributed by atoms with Crippen LogP contribution >= 0.6 is 0 Å². The molecule has 0 radical (unpaired) electrons. The summed E-state index contributed by atoms with van der Waals surface area (Å²) in [6.07, 6.45) is 1.61. The van der Waals surface area contributed by atoms with E-state index < -0.39 is 11.9 Å². The third kappa shape index (κ3) is 4.06. The van der Waals surface area contributed by atoms with Crippen molar-refractivity contribution in [2.24, 2.45) is 0 Å². The number of carbonyl (C=O) groups excluding carboxylic acids is 1. The summed E-state index contributed by atoms with van der Waals surface area (Å²) < 4.78 is 4.94. The summed E-state index contributed by atoms with van der Waals surface area (Å²) in [6.45, 7) is 3.28. The lowest BCUT2D eigenvalue weighted by molar-refractivity contribution is -0.132. The van der Waals surface area contributed by atoms with Gasteiger partial charge in [0.05, 0.1) is 5.57 Å². The van der Waals surface area contributed by atoms with E-state index in [-0.39, 0.29) is 5.57 Å². The maximum Gasteiger partial charge on any atom is 0.336 e. The minimum absolute atomic E-state index is 0.179. The largest absolute Gasteiger partial charge is 0.478 e. The molecule has 0 aromatic heterocycles. The molecule has 4 nitrogen and oxygen atoms in total. The SMILES string of the molecule is CC(=O)Oc1ccc(/C(=C\c2ccc(C)cc2)C(=O)O)cc1. The number of rotatable bonds is 4. The molecule has 2 rings (SSSR count). The minimum atomic E-state index is -1.01. The summed E-state index contributed by atoms with van der Waals surface area (Å²) in [5.74, 6) is -1.04. The Bertz CT molecular complexity index is 710. The van der Waals surface area contributed by atoms with Gasteiger partial charge in [0.15, 0.2) is 0 Å². The molecule has 2 aromatic carbocycles. The first-order valence-corrected chi connectivity index (χ1v) is 6.76. The molecule has 0 amide bonds. The second kappa shape index (κ2) is 6.72. The molecule has 0 saturated carbocycles. The second-order valence-electron chi connectivity index (χ2n) is 4.89. The Morgan fingerprint density at radius 2 is 1.59 bits per heavy atom. The van der Waals surface area contributed by atoms with Crippen molar-refractivity contribution >= 4 is 23.6 Å². The van der Waals surface area contributed by atoms with Gasteiger partial charge in [-0.15, -0.1) is 0 Å². The highest BCUT2D eigenvalue weighted by atomic mass is 16.5. The van der Waals surface area contributed by atoms with Crippen molar-refractivity contribution in [1.82, 2.24) is 0 Å². The number of hydrogen-bond acceptors (Lipinski definition) is 3. The standard InChI is InChI=1S/C18H16O4/c1-12-3-5-14(6-4-12)11-17(18(20)21)15-7-9-16(10-8-15)22-13(2)19/h3-11H,1-2H3,(H,20,21)/b17-11+. The number of carboxylic acid groups (broad SMARTS) is 1. The molecule has 0 aliphatic rings. The molecule has 1 N–H and O–H groups in total. The molecule has 0 unspecified atom stereocenters. The minimum Gasteiger partial charge on any atom is -0.478 e. The van der Waals surface area contributed by atoms with E-state index in [0.29, 0.717) is 11.3 Å². The fourth-order valence-corrected chi connectivity index (χ4v) is 1.97. The molecule has 0 heterocycles. The molecule has 112 valence electrons. The quantitative estimate of drug-likeness (QED) is 0.405. The predicted octanol–water partition coefficient (Wildman–Crippen LogP) is 3.55. The summed E-state index contributed by atoms with van der Waals surface area (Å²) >= 11 is 0. The van der Waals surface area contributed by atoms with E-state index in [2.05, 4.69) is 0 Å². The van der Waals surface area contributed by atoms with Crippen molar-refractivity contribution in [2.75, 3.05) is 0 Å². The molecule has 0 fully saturated rings. The Labute approximate surface area is 128 Å². The van der Waals surface area contributed by atoms with Gasteiger partial charge >= 0.3 is 11.9 Å². The Kier molecular flexibility index (Phi) is 4.73. The van der Waals surface area contributed by atoms with Crippen LogP contribution in [-0.4, -0.2) is 17.0 Å². The third-order valence-electron chi connectivity index (χ3n) is 3.05. The number of hydrogen-bond donors (Lipinski definition) is 1. The lowest BCUT2D eigenvalue weighted by Crippen LogP contribution is -2.02. The summed E-state index contributed by atoms with van der Waals surface area (Å²) in [5, 5.41) is 9.40. The zero-order chi connectivity index (χ0) is 16.1. The molecule has 22 heavy (non-hydrogen) atoms. The molecular weight excluding hydrogens is 280 g/mol. The number of ether oxygens (including phenoxy) is 1. The van der Waals surface area contributed by atoms with Crippen molar-refractivity contribution in [1.29, 1.82) is 0 Å². The van der Waals surface area contributed by atoms with Gasteiger partial charge in [-0.3, -0.25) is 4.79 Å². The van der Waals surface area contributed by atoms with Gasteiger partial charge < -0.3 is 9.84 Å². The highest BCUT2D eigenvalue weighted by Crippen LogP contribution is 2.22. The molecule has 0 spiro atoms. The normalized spacial score (nSPS) is 11.1. The molecule has 0 saturated heterocycles. The molecule has 0 aliphatic carbocycles. The lowest BCUT2D eigenvalue weighted by atomic mass is 10.0. The van der Waals surface area contributed by atoms with Crippen LogP contribution in [-0.2, 0) is 9.59 Å². The summed E-state index contributed by atoms with van der Waals surface area (Å²) in [7, 11) is 0. The van der Waals surface area contributed by atoms with Crippen LogP contribution in [0.15, 0.2) is 48.5 Å². The summed E-state index contributed by atoms with van der Waals surface area (Å²) in [5.41, 5.74) is 2.65. The van der Waals surface area contributed by atoms with Crippen LogP contribution in [0.3, 0.4) is 0 Å². The monoisotopic (exact) mass is 296 g/mol. The highest BCUT2D eigenvalue weighted by molar-refractivity contribution is 6.20. The zero-order valence-electron chi connectivity index (χ0n) is 12.4. The van der Waals surface area contributed by atoms with E-state index in [1.165, 1.54) is 6.92 Å². The number of carboxylic acids is 1. The first-order valence-electron chi connectivity index (χ1n) is 6.76. The van der Waals surface area contributed by atoms with Gasteiger partial charge in [0.2, 0.25) is 0 Å². The van der Waals surface area contributed by atoms with Crippen molar-refractivity contribution in [2.45, 2.75) is 13.8 Å². The third-order valence-corrected chi connectivity index (χ3v) is 3.05. The van der Waals surface area contributed by atoms with E-state index in [1.807, 2.05) is 31.2 Å². The van der Waals surface area contributed by atoms with Crippen LogP contribution in [0.5, 0.6) is 5.75 Å². The predicted molar refractivity (Wildman–Crippen MR) is 84.4 cm³/mol. The topological polar surface area (TPSA) is 63.6 Å².